The number of amides is 1. The fourth-order valence-corrected chi connectivity index (χ4v) is 5.18. The van der Waals surface area contributed by atoms with Crippen LogP contribution in [0.15, 0.2) is 70.7 Å². The standard InChI is InChI=1S/C28H30Cl2N4O3S/c1-33(14-13-17-9-12-23(36-3)24(15-17)37-4)28(38)32-26-27(35)34(2)22-11-10-18(29)16-20(22)25(31-26)19-7-5-6-8-21(19)30/h5-12,15-16,20,22,26H,13-14H2,1-4H3,(H,32,38). The summed E-state index contributed by atoms with van der Waals surface area (Å²) in [4.78, 5) is 22.0. The first-order valence-electron chi connectivity index (χ1n) is 12.1. The predicted octanol–water partition coefficient (Wildman–Crippen LogP) is 4.67. The second-order valence-corrected chi connectivity index (χ2v) is 10.3. The van der Waals surface area contributed by atoms with E-state index >= 15 is 0 Å². The molecule has 0 bridgehead atoms. The molecule has 2 aromatic carbocycles. The van der Waals surface area contributed by atoms with E-state index in [1.165, 1.54) is 0 Å². The van der Waals surface area contributed by atoms with Gasteiger partial charge in [0, 0.05) is 42.2 Å². The van der Waals surface area contributed by atoms with Crippen molar-refractivity contribution in [2.75, 3.05) is 34.9 Å². The molecule has 2 aromatic rings. The molecule has 0 fully saturated rings. The minimum Gasteiger partial charge on any atom is -0.493 e. The molecule has 4 rings (SSSR count). The van der Waals surface area contributed by atoms with Gasteiger partial charge in [-0.2, -0.15) is 0 Å². The number of hydrogen-bond donors (Lipinski definition) is 1. The van der Waals surface area contributed by atoms with Crippen molar-refractivity contribution in [2.45, 2.75) is 18.6 Å². The minimum absolute atomic E-state index is 0.200. The van der Waals surface area contributed by atoms with E-state index in [-0.39, 0.29) is 17.9 Å². The Labute approximate surface area is 238 Å². The molecule has 2 aliphatic rings. The van der Waals surface area contributed by atoms with E-state index in [2.05, 4.69) is 5.32 Å². The van der Waals surface area contributed by atoms with E-state index < -0.39 is 6.17 Å². The Kier molecular flexibility index (Phi) is 8.97. The van der Waals surface area contributed by atoms with E-state index in [0.29, 0.717) is 45.3 Å². The van der Waals surface area contributed by atoms with Gasteiger partial charge in [-0.05, 0) is 48.5 Å². The van der Waals surface area contributed by atoms with E-state index in [1.54, 1.807) is 32.2 Å². The summed E-state index contributed by atoms with van der Waals surface area (Å²) in [6.07, 6.45) is 5.43. The molecule has 0 radical (unpaired) electrons. The van der Waals surface area contributed by atoms with Gasteiger partial charge in [0.15, 0.2) is 16.6 Å². The Morgan fingerprint density at radius 1 is 1.16 bits per heavy atom. The van der Waals surface area contributed by atoms with Crippen LogP contribution >= 0.6 is 35.4 Å². The number of carbonyl (C=O) groups is 1. The number of ether oxygens (including phenoxy) is 2. The maximum atomic E-state index is 13.5. The number of allylic oxidation sites excluding steroid dienone is 2. The third kappa shape index (κ3) is 5.98. The average Bonchev–Trinajstić information content (AvgIpc) is 3.02. The molecule has 38 heavy (non-hydrogen) atoms. The van der Waals surface area contributed by atoms with Gasteiger partial charge in [-0.3, -0.25) is 9.79 Å². The Morgan fingerprint density at radius 3 is 2.61 bits per heavy atom. The van der Waals surface area contributed by atoms with Crippen LogP contribution in [0.4, 0.5) is 0 Å². The van der Waals surface area contributed by atoms with E-state index in [1.807, 2.05) is 66.6 Å². The highest BCUT2D eigenvalue weighted by molar-refractivity contribution is 7.80. The second-order valence-electron chi connectivity index (χ2n) is 9.08. The Morgan fingerprint density at radius 2 is 1.89 bits per heavy atom. The molecule has 1 N–H and O–H groups in total. The molecule has 3 unspecified atom stereocenters. The molecule has 1 aliphatic carbocycles. The topological polar surface area (TPSA) is 66.4 Å². The second kappa shape index (κ2) is 12.2. The lowest BCUT2D eigenvalue weighted by Gasteiger charge is -2.32. The fraction of sp³-hybridized carbons (Fsp3) is 0.321. The van der Waals surface area contributed by atoms with Crippen molar-refractivity contribution in [3.63, 3.8) is 0 Å². The van der Waals surface area contributed by atoms with Gasteiger partial charge < -0.3 is 24.6 Å². The molecular weight excluding hydrogens is 543 g/mol. The molecule has 1 aliphatic heterocycles. The number of methoxy groups -OCH3 is 2. The van der Waals surface area contributed by atoms with Gasteiger partial charge in [-0.1, -0.05) is 59.6 Å². The lowest BCUT2D eigenvalue weighted by atomic mass is 9.86. The number of aliphatic imine (C=N–C) groups is 1. The Hall–Kier alpha value is -3.07. The predicted molar refractivity (Wildman–Crippen MR) is 157 cm³/mol. The molecule has 0 saturated carbocycles. The molecule has 1 heterocycles. The van der Waals surface area contributed by atoms with Gasteiger partial charge in [-0.25, -0.2) is 0 Å². The highest BCUT2D eigenvalue weighted by atomic mass is 35.5. The minimum atomic E-state index is -0.923. The average molecular weight is 574 g/mol. The third-order valence-corrected chi connectivity index (χ3v) is 7.72. The maximum absolute atomic E-state index is 13.5. The van der Waals surface area contributed by atoms with Gasteiger partial charge in [0.05, 0.1) is 26.0 Å². The van der Waals surface area contributed by atoms with Crippen LogP contribution in [-0.4, -0.2) is 73.6 Å². The van der Waals surface area contributed by atoms with E-state index in [0.717, 1.165) is 11.1 Å². The van der Waals surface area contributed by atoms with Crippen molar-refractivity contribution in [3.05, 3.63) is 81.9 Å². The van der Waals surface area contributed by atoms with Crippen LogP contribution in [0.2, 0.25) is 5.02 Å². The summed E-state index contributed by atoms with van der Waals surface area (Å²) in [5.41, 5.74) is 2.50. The summed E-state index contributed by atoms with van der Waals surface area (Å²) >= 11 is 18.6. The lowest BCUT2D eigenvalue weighted by Crippen LogP contribution is -2.51. The van der Waals surface area contributed by atoms with Crippen LogP contribution in [0.5, 0.6) is 11.5 Å². The highest BCUT2D eigenvalue weighted by Gasteiger charge is 2.39. The Bertz CT molecular complexity index is 1310. The molecule has 3 atom stereocenters. The SMILES string of the molecule is COc1ccc(CCN(C)C(=S)NC2N=C(c3ccccc3Cl)C3C=C(Cl)C=CC3N(C)C2=O)cc1OC. The number of halogens is 2. The van der Waals surface area contributed by atoms with Gasteiger partial charge in [0.25, 0.3) is 5.91 Å². The number of thiocarbonyl (C=S) groups is 1. The van der Waals surface area contributed by atoms with Crippen LogP contribution in [0.25, 0.3) is 0 Å². The molecule has 1 amide bonds. The molecule has 7 nitrogen and oxygen atoms in total. The molecule has 0 saturated heterocycles. The van der Waals surface area contributed by atoms with Crippen molar-refractivity contribution in [3.8, 4) is 11.5 Å². The summed E-state index contributed by atoms with van der Waals surface area (Å²) in [5, 5.41) is 4.72. The lowest BCUT2D eigenvalue weighted by molar-refractivity contribution is -0.132. The highest BCUT2D eigenvalue weighted by Crippen LogP contribution is 2.32. The first kappa shape index (κ1) is 28.0. The quantitative estimate of drug-likeness (QED) is 0.486. The smallest absolute Gasteiger partial charge is 0.268 e. The van der Waals surface area contributed by atoms with Gasteiger partial charge in [0.2, 0.25) is 6.17 Å². The zero-order valence-electron chi connectivity index (χ0n) is 21.7. The van der Waals surface area contributed by atoms with Gasteiger partial charge in [0.1, 0.15) is 0 Å². The first-order valence-corrected chi connectivity index (χ1v) is 13.3. The van der Waals surface area contributed by atoms with Gasteiger partial charge >= 0.3 is 0 Å². The van der Waals surface area contributed by atoms with Gasteiger partial charge in [-0.15, -0.1) is 0 Å². The molecule has 10 heteroatoms. The van der Waals surface area contributed by atoms with Crippen molar-refractivity contribution in [2.24, 2.45) is 10.9 Å². The summed E-state index contributed by atoms with van der Waals surface area (Å²) in [7, 11) is 6.86. The maximum Gasteiger partial charge on any atom is 0.268 e. The summed E-state index contributed by atoms with van der Waals surface area (Å²) < 4.78 is 10.7. The number of carbonyl (C=O) groups excluding carboxylic acids is 1. The van der Waals surface area contributed by atoms with Crippen molar-refractivity contribution in [1.29, 1.82) is 0 Å². The van der Waals surface area contributed by atoms with Crippen molar-refractivity contribution in [1.82, 2.24) is 15.1 Å². The summed E-state index contributed by atoms with van der Waals surface area (Å²) in [6, 6.07) is 13.0. The fourth-order valence-electron chi connectivity index (χ4n) is 4.54. The Balaban J connectivity index is 1.56. The molecule has 0 spiro atoms. The number of nitrogens with zero attached hydrogens (tertiary/aromatic N) is 3. The monoisotopic (exact) mass is 572 g/mol. The van der Waals surface area contributed by atoms with Crippen LogP contribution < -0.4 is 14.8 Å². The molecular formula is C28H30Cl2N4O3S. The number of likely N-dealkylation sites (N-methyl/N-ethyl adjacent to an activating group) is 2. The molecule has 200 valence electrons. The summed E-state index contributed by atoms with van der Waals surface area (Å²) in [5.74, 6) is 0.890. The normalized spacial score (nSPS) is 20.6. The van der Waals surface area contributed by atoms with Crippen LogP contribution in [0.3, 0.4) is 0 Å². The van der Waals surface area contributed by atoms with E-state index in [4.69, 9.17) is 49.9 Å². The summed E-state index contributed by atoms with van der Waals surface area (Å²) in [6.45, 7) is 0.617. The van der Waals surface area contributed by atoms with Crippen molar-refractivity contribution < 1.29 is 14.3 Å². The largest absolute Gasteiger partial charge is 0.493 e. The number of rotatable bonds is 7. The zero-order chi connectivity index (χ0) is 27.4. The van der Waals surface area contributed by atoms with E-state index in [9.17, 15) is 4.79 Å². The first-order chi connectivity index (χ1) is 18.2. The number of hydrogen-bond acceptors (Lipinski definition) is 5. The number of fused-ring (bicyclic) bond motifs is 1. The third-order valence-electron chi connectivity index (χ3n) is 6.71. The molecule has 0 aromatic heterocycles. The number of nitrogens with one attached hydrogen (secondary N) is 1. The van der Waals surface area contributed by atoms with Crippen LogP contribution in [-0.2, 0) is 11.2 Å². The van der Waals surface area contributed by atoms with Crippen molar-refractivity contribution >= 4 is 52.2 Å². The van der Waals surface area contributed by atoms with Crippen LogP contribution in [0, 0.1) is 5.92 Å². The number of benzene rings is 2. The van der Waals surface area contributed by atoms with Crippen LogP contribution in [0.1, 0.15) is 11.1 Å². The zero-order valence-corrected chi connectivity index (χ0v) is 24.0.